The number of hydrogen-bond acceptors (Lipinski definition) is 18. The summed E-state index contributed by atoms with van der Waals surface area (Å²) in [5, 5.41) is 106. The van der Waals surface area contributed by atoms with E-state index in [-0.39, 0.29) is 35.4 Å². The van der Waals surface area contributed by atoms with Gasteiger partial charge >= 0.3 is 0 Å². The van der Waals surface area contributed by atoms with Gasteiger partial charge in [-0.15, -0.1) is 0 Å². The number of ether oxygens (including phenoxy) is 8. The fourth-order valence-electron chi connectivity index (χ4n) is 14.1. The van der Waals surface area contributed by atoms with Crippen molar-refractivity contribution in [1.82, 2.24) is 0 Å². The van der Waals surface area contributed by atoms with Crippen molar-refractivity contribution < 1.29 is 89.0 Å². The highest BCUT2D eigenvalue weighted by molar-refractivity contribution is 5.26. The predicted molar refractivity (Wildman–Crippen MR) is 216 cm³/mol. The topological polar surface area (TPSA) is 276 Å². The molecule has 26 atom stereocenters. The number of fused-ring (bicyclic) bond motifs is 7. The van der Waals surface area contributed by atoms with Crippen LogP contribution in [-0.4, -0.2) is 188 Å². The van der Waals surface area contributed by atoms with Gasteiger partial charge in [-0.05, 0) is 92.8 Å². The van der Waals surface area contributed by atoms with E-state index < -0.39 is 117 Å². The van der Waals surface area contributed by atoms with Crippen molar-refractivity contribution in [2.24, 2.45) is 46.3 Å². The fourth-order valence-corrected chi connectivity index (χ4v) is 14.1. The maximum Gasteiger partial charge on any atom is 0.187 e. The van der Waals surface area contributed by atoms with Gasteiger partial charge < -0.3 is 89.0 Å². The van der Waals surface area contributed by atoms with E-state index in [1.165, 1.54) is 12.5 Å². The normalized spacial score (nSPS) is 56.9. The highest BCUT2D eigenvalue weighted by atomic mass is 16.8. The van der Waals surface area contributed by atoms with E-state index in [1.54, 1.807) is 0 Å². The summed E-state index contributed by atoms with van der Waals surface area (Å²) in [7, 11) is 0. The molecule has 9 aliphatic rings. The van der Waals surface area contributed by atoms with Crippen LogP contribution in [0.5, 0.6) is 0 Å². The van der Waals surface area contributed by atoms with Gasteiger partial charge in [-0.3, -0.25) is 0 Å². The zero-order chi connectivity index (χ0) is 44.9. The van der Waals surface area contributed by atoms with Gasteiger partial charge in [0.05, 0.1) is 38.1 Å². The summed E-state index contributed by atoms with van der Waals surface area (Å²) in [6.45, 7) is 7.95. The van der Waals surface area contributed by atoms with E-state index in [9.17, 15) is 51.1 Å². The summed E-state index contributed by atoms with van der Waals surface area (Å²) in [5.41, 5.74) is 1.36. The van der Waals surface area contributed by atoms with Crippen molar-refractivity contribution >= 4 is 0 Å². The first kappa shape index (κ1) is 47.1. The van der Waals surface area contributed by atoms with E-state index >= 15 is 0 Å². The molecule has 0 bridgehead atoms. The number of aliphatic hydroxyl groups excluding tert-OH is 10. The van der Waals surface area contributed by atoms with Crippen molar-refractivity contribution in [2.45, 2.75) is 196 Å². The Labute approximate surface area is 368 Å². The molecular formula is C45H72O18. The van der Waals surface area contributed by atoms with Crippen LogP contribution < -0.4 is 0 Å². The molecule has 9 rings (SSSR count). The van der Waals surface area contributed by atoms with Crippen molar-refractivity contribution in [2.75, 3.05) is 26.4 Å². The van der Waals surface area contributed by atoms with Crippen LogP contribution in [0.1, 0.15) is 85.5 Å². The third-order valence-electron chi connectivity index (χ3n) is 17.8. The minimum Gasteiger partial charge on any atom is -0.396 e. The minimum absolute atomic E-state index is 0.0731. The first-order chi connectivity index (χ1) is 30.0. The molecular weight excluding hydrogens is 828 g/mol. The lowest BCUT2D eigenvalue weighted by atomic mass is 9.47. The molecule has 5 heterocycles. The molecule has 10 N–H and O–H groups in total. The van der Waals surface area contributed by atoms with Gasteiger partial charge in [0.15, 0.2) is 24.7 Å². The Hall–Kier alpha value is -0.980. The number of allylic oxidation sites excluding steroid dienone is 1. The largest absolute Gasteiger partial charge is 0.396 e. The van der Waals surface area contributed by atoms with Crippen molar-refractivity contribution in [3.8, 4) is 0 Å². The van der Waals surface area contributed by atoms with Gasteiger partial charge in [0.25, 0.3) is 0 Å². The number of rotatable bonds is 9. The van der Waals surface area contributed by atoms with Gasteiger partial charge in [0.2, 0.25) is 0 Å². The van der Waals surface area contributed by atoms with Crippen LogP contribution in [0.4, 0.5) is 0 Å². The van der Waals surface area contributed by atoms with Crippen LogP contribution in [0.3, 0.4) is 0 Å². The van der Waals surface area contributed by atoms with Gasteiger partial charge in [-0.2, -0.15) is 0 Å². The molecule has 4 aliphatic carbocycles. The maximum absolute atomic E-state index is 11.6. The first-order valence-electron chi connectivity index (χ1n) is 23.5. The van der Waals surface area contributed by atoms with Gasteiger partial charge in [0, 0.05) is 24.9 Å². The minimum atomic E-state index is -1.85. The monoisotopic (exact) mass is 900 g/mol. The van der Waals surface area contributed by atoms with Crippen molar-refractivity contribution in [1.29, 1.82) is 0 Å². The molecule has 0 radical (unpaired) electrons. The summed E-state index contributed by atoms with van der Waals surface area (Å²) in [4.78, 5) is 0. The smallest absolute Gasteiger partial charge is 0.187 e. The average Bonchev–Trinajstić information content (AvgIpc) is 3.72. The third-order valence-corrected chi connectivity index (χ3v) is 17.8. The van der Waals surface area contributed by atoms with Crippen LogP contribution in [0, 0.1) is 46.3 Å². The Kier molecular flexibility index (Phi) is 13.3. The second kappa shape index (κ2) is 17.8. The summed E-state index contributed by atoms with van der Waals surface area (Å²) in [5.74, 6) is 1.77. The summed E-state index contributed by atoms with van der Waals surface area (Å²) in [6, 6.07) is 0. The Morgan fingerprint density at radius 3 is 2.02 bits per heavy atom. The Morgan fingerprint density at radius 1 is 0.667 bits per heavy atom. The van der Waals surface area contributed by atoms with Gasteiger partial charge in [-0.25, -0.2) is 0 Å². The Balaban J connectivity index is 0.934. The maximum atomic E-state index is 11.6. The zero-order valence-electron chi connectivity index (χ0n) is 36.8. The van der Waals surface area contributed by atoms with E-state index in [2.05, 4.69) is 26.8 Å². The molecule has 8 fully saturated rings. The fraction of sp³-hybridized carbons (Fsp3) is 0.956. The first-order valence-corrected chi connectivity index (χ1v) is 23.5. The molecule has 18 nitrogen and oxygen atoms in total. The van der Waals surface area contributed by atoms with Crippen LogP contribution >= 0.6 is 0 Å². The summed E-state index contributed by atoms with van der Waals surface area (Å²) in [6.07, 6.45) is -13.2. The van der Waals surface area contributed by atoms with E-state index in [4.69, 9.17) is 37.9 Å². The standard InChI is InChI=1S/C45H72O18/c1-19-30-27(63-45(19)12-7-21(15-46)18-56-45)14-26-24-6-5-22-13-23(8-10-43(22,3)25(24)9-11-44(26,30)4)58-42-39(62-40-36(54)34(52)31(49)20(2)57-40)38(33(51)29(17-48)60-42)61-41-37(55)35(53)32(50)28(16-47)59-41/h5,19-21,23-42,46-55H,6-18H2,1-4H3/t19-,20-,21+,23-,24+,25-,26-,27-,28+,29+,30-,31-,32+,33+,34+,35-,36+,37+,38-,39+,40-,41-,42+,43-,44-,45+/m0/s1. The SMILES string of the molecule is C[C@@H]1O[C@@H](O[C@H]2[C@H](O[C@H]3CC[C@@]4(C)C(=CC[C@H]5[C@@H]6C[C@@H]7O[C@]8(CC[C@H](CO)CO8)[C@@H](C)[C@@H]7[C@@]6(C)CC[C@@H]54)C3)O[C@H](CO)[C@@H](O)[C@@H]2O[C@@H]2O[C@H](CO)[C@@H](O)[C@H](O)[C@H]2O)[C@H](O)[C@H](O)[C@H]1O. The second-order valence-electron chi connectivity index (χ2n) is 21.0. The van der Waals surface area contributed by atoms with E-state index in [0.717, 1.165) is 44.9 Å². The molecule has 18 heteroatoms. The number of hydrogen-bond donors (Lipinski definition) is 10. The molecule has 360 valence electrons. The molecule has 0 unspecified atom stereocenters. The van der Waals surface area contributed by atoms with E-state index in [1.807, 2.05) is 0 Å². The van der Waals surface area contributed by atoms with Gasteiger partial charge in [0.1, 0.15) is 67.1 Å². The molecule has 1 spiro atoms. The molecule has 0 aromatic carbocycles. The predicted octanol–water partition coefficient (Wildman–Crippen LogP) is -0.813. The molecule has 0 aromatic rings. The Morgan fingerprint density at radius 2 is 1.33 bits per heavy atom. The summed E-state index contributed by atoms with van der Waals surface area (Å²) < 4.78 is 50.1. The van der Waals surface area contributed by atoms with Crippen LogP contribution in [0.15, 0.2) is 11.6 Å². The lowest BCUT2D eigenvalue weighted by Crippen LogP contribution is -2.67. The van der Waals surface area contributed by atoms with Crippen molar-refractivity contribution in [3.63, 3.8) is 0 Å². The second-order valence-corrected chi connectivity index (χ2v) is 21.0. The summed E-state index contributed by atoms with van der Waals surface area (Å²) >= 11 is 0. The van der Waals surface area contributed by atoms with E-state index in [0.29, 0.717) is 43.1 Å². The highest BCUT2D eigenvalue weighted by Gasteiger charge is 2.69. The molecule has 0 amide bonds. The van der Waals surface area contributed by atoms with Crippen LogP contribution in [-0.2, 0) is 37.9 Å². The molecule has 5 saturated heterocycles. The molecule has 63 heavy (non-hydrogen) atoms. The lowest BCUT2D eigenvalue weighted by Gasteiger charge is -2.59. The number of aliphatic hydroxyl groups is 10. The third kappa shape index (κ3) is 7.81. The Bertz CT molecular complexity index is 1630. The zero-order valence-corrected chi connectivity index (χ0v) is 36.8. The lowest BCUT2D eigenvalue weighted by molar-refractivity contribution is -0.394. The van der Waals surface area contributed by atoms with Crippen molar-refractivity contribution in [3.05, 3.63) is 11.6 Å². The quantitative estimate of drug-likeness (QED) is 0.127. The average molecular weight is 901 g/mol. The molecule has 0 aromatic heterocycles. The van der Waals surface area contributed by atoms with Crippen LogP contribution in [0.25, 0.3) is 0 Å². The molecule has 3 saturated carbocycles. The molecule has 5 aliphatic heterocycles. The highest BCUT2D eigenvalue weighted by Crippen LogP contribution is 2.70. The van der Waals surface area contributed by atoms with Crippen LogP contribution in [0.2, 0.25) is 0 Å². The van der Waals surface area contributed by atoms with Gasteiger partial charge in [-0.1, -0.05) is 32.4 Å².